The Bertz CT molecular complexity index is 1030. The lowest BCUT2D eigenvalue weighted by molar-refractivity contribution is -0.121. The van der Waals surface area contributed by atoms with E-state index in [9.17, 15) is 9.59 Å². The van der Waals surface area contributed by atoms with Gasteiger partial charge in [0.1, 0.15) is 0 Å². The van der Waals surface area contributed by atoms with E-state index in [1.807, 2.05) is 62.3 Å². The second kappa shape index (κ2) is 11.2. The molecule has 0 bridgehead atoms. The maximum absolute atomic E-state index is 12.2. The van der Waals surface area contributed by atoms with Crippen molar-refractivity contribution in [3.8, 4) is 11.5 Å². The van der Waals surface area contributed by atoms with Crippen LogP contribution in [0.4, 0.5) is 0 Å². The van der Waals surface area contributed by atoms with Gasteiger partial charge < -0.3 is 20.0 Å². The first-order chi connectivity index (χ1) is 15.4. The maximum atomic E-state index is 12.2. The molecular formula is C24H29N5O3. The van der Waals surface area contributed by atoms with Crippen LogP contribution in [0.5, 0.6) is 0 Å². The lowest BCUT2D eigenvalue weighted by atomic mass is 10.1. The molecule has 0 fully saturated rings. The Hall–Kier alpha value is -3.52. The number of likely N-dealkylation sites (N-methyl/N-ethyl adjacent to an activating group) is 1. The molecule has 2 amide bonds. The minimum atomic E-state index is -0.106. The van der Waals surface area contributed by atoms with Crippen molar-refractivity contribution in [3.63, 3.8) is 0 Å². The Morgan fingerprint density at radius 3 is 2.38 bits per heavy atom. The maximum Gasteiger partial charge on any atom is 0.251 e. The minimum Gasteiger partial charge on any atom is -0.421 e. The van der Waals surface area contributed by atoms with Gasteiger partial charge in [0.05, 0.1) is 0 Å². The van der Waals surface area contributed by atoms with Crippen molar-refractivity contribution in [2.75, 3.05) is 27.2 Å². The molecule has 0 saturated carbocycles. The van der Waals surface area contributed by atoms with Gasteiger partial charge in [-0.15, -0.1) is 10.2 Å². The van der Waals surface area contributed by atoms with E-state index in [2.05, 4.69) is 20.8 Å². The van der Waals surface area contributed by atoms with Crippen LogP contribution >= 0.6 is 0 Å². The van der Waals surface area contributed by atoms with Crippen molar-refractivity contribution in [3.05, 3.63) is 71.1 Å². The van der Waals surface area contributed by atoms with Crippen molar-refractivity contribution < 1.29 is 14.0 Å². The molecule has 2 N–H and O–H groups in total. The normalized spacial score (nSPS) is 10.9. The lowest BCUT2D eigenvalue weighted by Gasteiger charge is -2.10. The fraction of sp³-hybridized carbons (Fsp3) is 0.333. The highest BCUT2D eigenvalue weighted by Crippen LogP contribution is 2.18. The molecule has 2 aromatic carbocycles. The van der Waals surface area contributed by atoms with Crippen LogP contribution in [0.15, 0.2) is 52.9 Å². The first kappa shape index (κ1) is 23.1. The van der Waals surface area contributed by atoms with E-state index in [0.717, 1.165) is 23.2 Å². The Labute approximate surface area is 188 Å². The van der Waals surface area contributed by atoms with Crippen LogP contribution in [0.2, 0.25) is 0 Å². The summed E-state index contributed by atoms with van der Waals surface area (Å²) in [5, 5.41) is 13.8. The Balaban J connectivity index is 1.41. The van der Waals surface area contributed by atoms with Crippen LogP contribution in [0.1, 0.15) is 33.8 Å². The minimum absolute atomic E-state index is 0.105. The molecule has 1 aromatic heterocycles. The van der Waals surface area contributed by atoms with Crippen LogP contribution in [0.25, 0.3) is 11.5 Å². The summed E-state index contributed by atoms with van der Waals surface area (Å²) in [5.41, 5.74) is 3.53. The number of nitrogens with one attached hydrogen (secondary N) is 2. The number of rotatable bonds is 10. The number of amides is 2. The highest BCUT2D eigenvalue weighted by molar-refractivity contribution is 5.94. The molecule has 168 valence electrons. The van der Waals surface area contributed by atoms with Gasteiger partial charge in [-0.2, -0.15) is 0 Å². The summed E-state index contributed by atoms with van der Waals surface area (Å²) in [4.78, 5) is 26.3. The van der Waals surface area contributed by atoms with E-state index in [-0.39, 0.29) is 18.2 Å². The van der Waals surface area contributed by atoms with Crippen LogP contribution in [0.3, 0.4) is 0 Å². The van der Waals surface area contributed by atoms with Crippen LogP contribution < -0.4 is 10.6 Å². The summed E-state index contributed by atoms with van der Waals surface area (Å²) in [6.07, 6.45) is 0.624. The third kappa shape index (κ3) is 7.02. The standard InChI is InChI=1S/C24H29N5O3/c1-17-4-8-20(9-5-17)24-28-27-22(32-24)13-12-21(30)26-16-18-6-10-19(11-7-18)23(31)25-14-15-29(2)3/h4-11H,12-16H2,1-3H3,(H,25,31)(H,26,30). The van der Waals surface area contributed by atoms with E-state index in [1.54, 1.807) is 12.1 Å². The van der Waals surface area contributed by atoms with Gasteiger partial charge in [0, 0.05) is 43.6 Å². The summed E-state index contributed by atoms with van der Waals surface area (Å²) in [6, 6.07) is 15.0. The van der Waals surface area contributed by atoms with Crippen molar-refractivity contribution in [2.45, 2.75) is 26.3 Å². The Kier molecular flexibility index (Phi) is 8.10. The molecule has 0 aliphatic carbocycles. The average Bonchev–Trinajstić information content (AvgIpc) is 3.26. The third-order valence-electron chi connectivity index (χ3n) is 4.88. The van der Waals surface area contributed by atoms with Gasteiger partial charge >= 0.3 is 0 Å². The van der Waals surface area contributed by atoms with Gasteiger partial charge in [0.2, 0.25) is 17.7 Å². The molecule has 8 nitrogen and oxygen atoms in total. The topological polar surface area (TPSA) is 100 Å². The second-order valence-electron chi connectivity index (χ2n) is 7.90. The fourth-order valence-electron chi connectivity index (χ4n) is 2.95. The largest absolute Gasteiger partial charge is 0.421 e. The number of carbonyl (C=O) groups excluding carboxylic acids is 2. The number of carbonyl (C=O) groups is 2. The zero-order chi connectivity index (χ0) is 22.9. The molecule has 0 radical (unpaired) electrons. The molecular weight excluding hydrogens is 406 g/mol. The van der Waals surface area contributed by atoms with E-state index >= 15 is 0 Å². The highest BCUT2D eigenvalue weighted by Gasteiger charge is 2.11. The zero-order valence-electron chi connectivity index (χ0n) is 18.7. The smallest absolute Gasteiger partial charge is 0.251 e. The van der Waals surface area contributed by atoms with E-state index in [4.69, 9.17) is 4.42 Å². The van der Waals surface area contributed by atoms with Gasteiger partial charge in [-0.1, -0.05) is 29.8 Å². The summed E-state index contributed by atoms with van der Waals surface area (Å²) in [5.74, 6) is 0.671. The van der Waals surface area contributed by atoms with Crippen molar-refractivity contribution in [2.24, 2.45) is 0 Å². The number of benzene rings is 2. The molecule has 0 aliphatic rings. The van der Waals surface area contributed by atoms with Gasteiger partial charge in [-0.05, 0) is 50.8 Å². The van der Waals surface area contributed by atoms with Crippen molar-refractivity contribution >= 4 is 11.8 Å². The third-order valence-corrected chi connectivity index (χ3v) is 4.88. The Morgan fingerprint density at radius 2 is 1.69 bits per heavy atom. The summed E-state index contributed by atoms with van der Waals surface area (Å²) in [7, 11) is 3.92. The monoisotopic (exact) mass is 435 g/mol. The fourth-order valence-corrected chi connectivity index (χ4v) is 2.95. The lowest BCUT2D eigenvalue weighted by Crippen LogP contribution is -2.31. The molecule has 0 saturated heterocycles. The number of hydrogen-bond acceptors (Lipinski definition) is 6. The molecule has 0 unspecified atom stereocenters. The van der Waals surface area contributed by atoms with Gasteiger partial charge in [0.25, 0.3) is 5.91 Å². The molecule has 3 rings (SSSR count). The first-order valence-electron chi connectivity index (χ1n) is 10.6. The van der Waals surface area contributed by atoms with Crippen LogP contribution in [-0.2, 0) is 17.8 Å². The SMILES string of the molecule is Cc1ccc(-c2nnc(CCC(=O)NCc3ccc(C(=O)NCCN(C)C)cc3)o2)cc1. The zero-order valence-corrected chi connectivity index (χ0v) is 18.7. The van der Waals surface area contributed by atoms with Crippen LogP contribution in [-0.4, -0.2) is 54.1 Å². The van der Waals surface area contributed by atoms with Gasteiger partial charge in [-0.3, -0.25) is 9.59 Å². The number of nitrogens with zero attached hydrogens (tertiary/aromatic N) is 3. The summed E-state index contributed by atoms with van der Waals surface area (Å²) in [6.45, 7) is 3.78. The molecule has 0 aliphatic heterocycles. The number of hydrogen-bond donors (Lipinski definition) is 2. The van der Waals surface area contributed by atoms with Crippen molar-refractivity contribution in [1.29, 1.82) is 0 Å². The number of aromatic nitrogens is 2. The molecule has 0 atom stereocenters. The summed E-state index contributed by atoms with van der Waals surface area (Å²) < 4.78 is 5.66. The van der Waals surface area contributed by atoms with Crippen molar-refractivity contribution in [1.82, 2.24) is 25.7 Å². The molecule has 1 heterocycles. The molecule has 3 aromatic rings. The second-order valence-corrected chi connectivity index (χ2v) is 7.90. The Morgan fingerprint density at radius 1 is 0.969 bits per heavy atom. The predicted octanol–water partition coefficient (Wildman–Crippen LogP) is 2.59. The highest BCUT2D eigenvalue weighted by atomic mass is 16.4. The molecule has 32 heavy (non-hydrogen) atoms. The molecule has 8 heteroatoms. The first-order valence-corrected chi connectivity index (χ1v) is 10.6. The van der Waals surface area contributed by atoms with Crippen LogP contribution in [0, 0.1) is 6.92 Å². The number of aryl methyl sites for hydroxylation is 2. The quantitative estimate of drug-likeness (QED) is 0.508. The van der Waals surface area contributed by atoms with Gasteiger partial charge in [-0.25, -0.2) is 0 Å². The summed E-state index contributed by atoms with van der Waals surface area (Å²) >= 11 is 0. The van der Waals surface area contributed by atoms with E-state index in [0.29, 0.717) is 36.9 Å². The average molecular weight is 436 g/mol. The van der Waals surface area contributed by atoms with E-state index in [1.165, 1.54) is 0 Å². The predicted molar refractivity (Wildman–Crippen MR) is 122 cm³/mol. The molecule has 0 spiro atoms. The van der Waals surface area contributed by atoms with E-state index < -0.39 is 0 Å². The van der Waals surface area contributed by atoms with Gasteiger partial charge in [0.15, 0.2) is 0 Å².